The fourth-order valence-corrected chi connectivity index (χ4v) is 1.84. The summed E-state index contributed by atoms with van der Waals surface area (Å²) in [5.41, 5.74) is 5.47. The molecule has 0 spiro atoms. The van der Waals surface area contributed by atoms with Gasteiger partial charge in [0.15, 0.2) is 0 Å². The molecule has 15 heavy (non-hydrogen) atoms. The van der Waals surface area contributed by atoms with E-state index in [4.69, 9.17) is 5.73 Å². The van der Waals surface area contributed by atoms with Crippen LogP contribution in [0.2, 0.25) is 0 Å². The third kappa shape index (κ3) is 4.08. The molecule has 2 amide bonds. The van der Waals surface area contributed by atoms with E-state index in [1.807, 2.05) is 25.7 Å². The van der Waals surface area contributed by atoms with E-state index >= 15 is 0 Å². The minimum absolute atomic E-state index is 0.0423. The molecule has 1 aliphatic heterocycles. The summed E-state index contributed by atoms with van der Waals surface area (Å²) in [7, 11) is 0. The maximum atomic E-state index is 11.8. The average Bonchev–Trinajstić information content (AvgIpc) is 2.15. The molecule has 4 nitrogen and oxygen atoms in total. The number of amides is 2. The second kappa shape index (κ2) is 4.84. The molecule has 0 bridgehead atoms. The van der Waals surface area contributed by atoms with E-state index in [-0.39, 0.29) is 11.6 Å². The van der Waals surface area contributed by atoms with Crippen molar-refractivity contribution in [2.24, 2.45) is 11.7 Å². The molecule has 1 saturated heterocycles. The highest BCUT2D eigenvalue weighted by Crippen LogP contribution is 2.15. The molecule has 0 aliphatic carbocycles. The van der Waals surface area contributed by atoms with Crippen LogP contribution in [0.4, 0.5) is 4.79 Å². The summed E-state index contributed by atoms with van der Waals surface area (Å²) in [4.78, 5) is 13.7. The van der Waals surface area contributed by atoms with Gasteiger partial charge in [0.05, 0.1) is 0 Å². The number of nitrogens with two attached hydrogens (primary N) is 1. The Hall–Kier alpha value is -0.770. The van der Waals surface area contributed by atoms with Crippen LogP contribution < -0.4 is 11.1 Å². The number of piperidine rings is 1. The van der Waals surface area contributed by atoms with Gasteiger partial charge in [0.2, 0.25) is 0 Å². The number of nitrogens with one attached hydrogen (secondary N) is 1. The number of urea groups is 1. The van der Waals surface area contributed by atoms with E-state index in [0.29, 0.717) is 12.5 Å². The van der Waals surface area contributed by atoms with Crippen LogP contribution in [-0.2, 0) is 0 Å². The van der Waals surface area contributed by atoms with Crippen molar-refractivity contribution in [1.29, 1.82) is 0 Å². The van der Waals surface area contributed by atoms with Crippen molar-refractivity contribution in [3.63, 3.8) is 0 Å². The molecule has 0 aromatic rings. The zero-order chi connectivity index (χ0) is 11.5. The number of hydrogen-bond acceptors (Lipinski definition) is 2. The number of nitrogens with zero attached hydrogens (tertiary/aromatic N) is 1. The zero-order valence-electron chi connectivity index (χ0n) is 10.0. The zero-order valence-corrected chi connectivity index (χ0v) is 10.0. The summed E-state index contributed by atoms with van der Waals surface area (Å²) in [6.07, 6.45) is 2.22. The first-order valence-electron chi connectivity index (χ1n) is 5.69. The van der Waals surface area contributed by atoms with Gasteiger partial charge in [0.25, 0.3) is 0 Å². The molecular weight excluding hydrogens is 190 g/mol. The average molecular weight is 213 g/mol. The smallest absolute Gasteiger partial charge is 0.317 e. The highest BCUT2D eigenvalue weighted by atomic mass is 16.2. The SMILES string of the molecule is CC(C)(C)NC(=O)N1CCCC(CN)C1. The van der Waals surface area contributed by atoms with Gasteiger partial charge in [0.1, 0.15) is 0 Å². The van der Waals surface area contributed by atoms with Crippen LogP contribution >= 0.6 is 0 Å². The minimum Gasteiger partial charge on any atom is -0.333 e. The lowest BCUT2D eigenvalue weighted by molar-refractivity contribution is 0.160. The van der Waals surface area contributed by atoms with Crippen molar-refractivity contribution < 1.29 is 4.79 Å². The van der Waals surface area contributed by atoms with Gasteiger partial charge < -0.3 is 16.0 Å². The van der Waals surface area contributed by atoms with E-state index in [2.05, 4.69) is 5.32 Å². The number of carbonyl (C=O) groups excluding carboxylic acids is 1. The Morgan fingerprint density at radius 2 is 2.20 bits per heavy atom. The predicted octanol–water partition coefficient (Wildman–Crippen LogP) is 1.17. The van der Waals surface area contributed by atoms with Crippen LogP contribution in [-0.4, -0.2) is 36.1 Å². The normalized spacial score (nSPS) is 22.7. The molecule has 0 aromatic heterocycles. The molecule has 1 atom stereocenters. The van der Waals surface area contributed by atoms with Crippen molar-refractivity contribution in [2.75, 3.05) is 19.6 Å². The summed E-state index contributed by atoms with van der Waals surface area (Å²) in [6, 6.07) is 0.0423. The fourth-order valence-electron chi connectivity index (χ4n) is 1.84. The van der Waals surface area contributed by atoms with Gasteiger partial charge in [-0.15, -0.1) is 0 Å². The number of rotatable bonds is 1. The van der Waals surface area contributed by atoms with Crippen molar-refractivity contribution in [3.05, 3.63) is 0 Å². The Kier molecular flexibility index (Phi) is 3.97. The molecule has 4 heteroatoms. The Labute approximate surface area is 92.2 Å². The molecule has 0 aromatic carbocycles. The van der Waals surface area contributed by atoms with Crippen molar-refractivity contribution in [3.8, 4) is 0 Å². The minimum atomic E-state index is -0.160. The van der Waals surface area contributed by atoms with Crippen LogP contribution in [0.1, 0.15) is 33.6 Å². The molecule has 88 valence electrons. The van der Waals surface area contributed by atoms with Gasteiger partial charge in [-0.25, -0.2) is 4.79 Å². The lowest BCUT2D eigenvalue weighted by Gasteiger charge is -2.34. The fraction of sp³-hybridized carbons (Fsp3) is 0.909. The third-order valence-corrected chi connectivity index (χ3v) is 2.62. The lowest BCUT2D eigenvalue weighted by atomic mass is 9.98. The summed E-state index contributed by atoms with van der Waals surface area (Å²) >= 11 is 0. The number of hydrogen-bond donors (Lipinski definition) is 2. The summed E-state index contributed by atoms with van der Waals surface area (Å²) in [6.45, 7) is 8.33. The Bertz CT molecular complexity index is 222. The topological polar surface area (TPSA) is 58.4 Å². The molecule has 1 fully saturated rings. The second-order valence-corrected chi connectivity index (χ2v) is 5.37. The van der Waals surface area contributed by atoms with E-state index in [9.17, 15) is 4.79 Å². The molecule has 1 unspecified atom stereocenters. The highest BCUT2D eigenvalue weighted by Gasteiger charge is 2.24. The van der Waals surface area contributed by atoms with E-state index in [1.165, 1.54) is 0 Å². The first-order chi connectivity index (χ1) is 6.92. The monoisotopic (exact) mass is 213 g/mol. The number of carbonyl (C=O) groups is 1. The quantitative estimate of drug-likeness (QED) is 0.687. The number of likely N-dealkylation sites (tertiary alicyclic amines) is 1. The third-order valence-electron chi connectivity index (χ3n) is 2.62. The van der Waals surface area contributed by atoms with Crippen LogP contribution in [0.5, 0.6) is 0 Å². The van der Waals surface area contributed by atoms with E-state index in [1.54, 1.807) is 0 Å². The Morgan fingerprint density at radius 3 is 2.73 bits per heavy atom. The molecular formula is C11H23N3O. The maximum absolute atomic E-state index is 11.8. The van der Waals surface area contributed by atoms with Gasteiger partial charge in [-0.1, -0.05) is 0 Å². The first-order valence-corrected chi connectivity index (χ1v) is 5.69. The molecule has 1 heterocycles. The highest BCUT2D eigenvalue weighted by molar-refractivity contribution is 5.75. The van der Waals surface area contributed by atoms with Gasteiger partial charge in [0, 0.05) is 18.6 Å². The van der Waals surface area contributed by atoms with Crippen molar-refractivity contribution >= 4 is 6.03 Å². The molecule has 0 radical (unpaired) electrons. The first kappa shape index (κ1) is 12.3. The summed E-state index contributed by atoms with van der Waals surface area (Å²) < 4.78 is 0. The van der Waals surface area contributed by atoms with Gasteiger partial charge in [-0.2, -0.15) is 0 Å². The molecule has 1 aliphatic rings. The van der Waals surface area contributed by atoms with Crippen LogP contribution in [0, 0.1) is 5.92 Å². The van der Waals surface area contributed by atoms with Crippen LogP contribution in [0.15, 0.2) is 0 Å². The lowest BCUT2D eigenvalue weighted by Crippen LogP contribution is -2.52. The molecule has 3 N–H and O–H groups in total. The van der Waals surface area contributed by atoms with Crippen LogP contribution in [0.3, 0.4) is 0 Å². The maximum Gasteiger partial charge on any atom is 0.317 e. The van der Waals surface area contributed by atoms with Gasteiger partial charge in [-0.3, -0.25) is 0 Å². The summed E-state index contributed by atoms with van der Waals surface area (Å²) in [5, 5.41) is 2.98. The van der Waals surface area contributed by atoms with E-state index in [0.717, 1.165) is 25.9 Å². The Balaban J connectivity index is 2.45. The van der Waals surface area contributed by atoms with Gasteiger partial charge in [-0.05, 0) is 46.1 Å². The van der Waals surface area contributed by atoms with Crippen molar-refractivity contribution in [1.82, 2.24) is 10.2 Å². The van der Waals surface area contributed by atoms with Crippen molar-refractivity contribution in [2.45, 2.75) is 39.2 Å². The van der Waals surface area contributed by atoms with E-state index < -0.39 is 0 Å². The van der Waals surface area contributed by atoms with Gasteiger partial charge >= 0.3 is 6.03 Å². The standard InChI is InChI=1S/C11H23N3O/c1-11(2,3)13-10(15)14-6-4-5-9(7-12)8-14/h9H,4-8,12H2,1-3H3,(H,13,15). The Morgan fingerprint density at radius 1 is 1.53 bits per heavy atom. The van der Waals surface area contributed by atoms with Crippen LogP contribution in [0.25, 0.3) is 0 Å². The largest absolute Gasteiger partial charge is 0.333 e. The predicted molar refractivity (Wildman–Crippen MR) is 61.6 cm³/mol. The molecule has 0 saturated carbocycles. The second-order valence-electron chi connectivity index (χ2n) is 5.37. The molecule has 1 rings (SSSR count). The summed E-state index contributed by atoms with van der Waals surface area (Å²) in [5.74, 6) is 0.476.